The zero-order valence-corrected chi connectivity index (χ0v) is 11.4. The van der Waals surface area contributed by atoms with E-state index in [1.807, 2.05) is 0 Å². The minimum Gasteiger partial charge on any atom is -0.477 e. The van der Waals surface area contributed by atoms with Crippen molar-refractivity contribution in [2.75, 3.05) is 6.54 Å². The van der Waals surface area contributed by atoms with Gasteiger partial charge in [-0.05, 0) is 12.5 Å². The van der Waals surface area contributed by atoms with E-state index in [9.17, 15) is 18.0 Å². The van der Waals surface area contributed by atoms with Gasteiger partial charge in [-0.15, -0.1) is 11.3 Å². The van der Waals surface area contributed by atoms with E-state index in [4.69, 9.17) is 5.11 Å². The molecule has 0 radical (unpaired) electrons. The van der Waals surface area contributed by atoms with E-state index in [0.29, 0.717) is 12.8 Å². The summed E-state index contributed by atoms with van der Waals surface area (Å²) in [6.07, 6.45) is 0.985. The molecule has 9 heteroatoms. The molecule has 1 aromatic rings. The number of carbonyl (C=O) groups excluding carboxylic acids is 1. The lowest BCUT2D eigenvalue weighted by Gasteiger charge is -2.10. The molecule has 0 bridgehead atoms. The van der Waals surface area contributed by atoms with Gasteiger partial charge in [0.1, 0.15) is 4.88 Å². The summed E-state index contributed by atoms with van der Waals surface area (Å²) in [5.41, 5.74) is 0. The largest absolute Gasteiger partial charge is 0.477 e. The van der Waals surface area contributed by atoms with Crippen LogP contribution in [0.1, 0.15) is 22.5 Å². The van der Waals surface area contributed by atoms with Crippen molar-refractivity contribution in [3.05, 3.63) is 16.3 Å². The minimum atomic E-state index is -3.73. The fourth-order valence-corrected chi connectivity index (χ4v) is 3.89. The second kappa shape index (κ2) is 5.27. The quantitative estimate of drug-likeness (QED) is 0.709. The van der Waals surface area contributed by atoms with Crippen molar-refractivity contribution < 1.29 is 23.1 Å². The smallest absolute Gasteiger partial charge is 0.345 e. The number of carboxylic acids is 1. The molecule has 2 heterocycles. The number of hydrogen-bond acceptors (Lipinski definition) is 5. The van der Waals surface area contributed by atoms with Crippen LogP contribution in [0.25, 0.3) is 0 Å². The third-order valence-electron chi connectivity index (χ3n) is 2.70. The Hall–Kier alpha value is -1.45. The Kier molecular flexibility index (Phi) is 3.88. The van der Waals surface area contributed by atoms with E-state index in [-0.39, 0.29) is 28.3 Å². The zero-order chi connectivity index (χ0) is 14.0. The summed E-state index contributed by atoms with van der Waals surface area (Å²) in [4.78, 5) is 21.6. The van der Waals surface area contributed by atoms with Crippen molar-refractivity contribution in [3.63, 3.8) is 0 Å². The van der Waals surface area contributed by atoms with Gasteiger partial charge in [-0.3, -0.25) is 4.79 Å². The molecular weight excluding hydrogens is 292 g/mol. The summed E-state index contributed by atoms with van der Waals surface area (Å²) in [7, 11) is -3.73. The third kappa shape index (κ3) is 3.31. The molecule has 1 aliphatic rings. The number of carbonyl (C=O) groups is 2. The van der Waals surface area contributed by atoms with Crippen LogP contribution in [-0.4, -0.2) is 38.0 Å². The molecule has 0 aromatic carbocycles. The summed E-state index contributed by atoms with van der Waals surface area (Å²) in [5.74, 6) is -1.25. The van der Waals surface area contributed by atoms with Crippen molar-refractivity contribution in [2.24, 2.45) is 0 Å². The Morgan fingerprint density at radius 3 is 2.84 bits per heavy atom. The topological polar surface area (TPSA) is 113 Å². The van der Waals surface area contributed by atoms with E-state index in [1.54, 1.807) is 0 Å². The van der Waals surface area contributed by atoms with Crippen LogP contribution in [0.5, 0.6) is 0 Å². The highest BCUT2D eigenvalue weighted by molar-refractivity contribution is 7.89. The number of hydrogen-bond donors (Lipinski definition) is 3. The minimum absolute atomic E-state index is 0.0328. The van der Waals surface area contributed by atoms with Crippen LogP contribution in [0.4, 0.5) is 0 Å². The monoisotopic (exact) mass is 304 g/mol. The molecule has 1 aliphatic heterocycles. The van der Waals surface area contributed by atoms with Crippen LogP contribution >= 0.6 is 11.3 Å². The number of nitrogens with one attached hydrogen (secondary N) is 2. The number of amides is 1. The second-order valence-corrected chi connectivity index (χ2v) is 6.79. The van der Waals surface area contributed by atoms with Gasteiger partial charge in [0, 0.05) is 24.4 Å². The maximum Gasteiger partial charge on any atom is 0.345 e. The average molecular weight is 304 g/mol. The molecule has 1 atom stereocenters. The highest BCUT2D eigenvalue weighted by atomic mass is 32.2. The van der Waals surface area contributed by atoms with Crippen LogP contribution < -0.4 is 10.0 Å². The summed E-state index contributed by atoms with van der Waals surface area (Å²) in [6.45, 7) is 0.103. The fraction of sp³-hybridized carbons (Fsp3) is 0.400. The molecule has 0 saturated carbocycles. The Balaban J connectivity index is 2.01. The van der Waals surface area contributed by atoms with Gasteiger partial charge in [-0.2, -0.15) is 0 Å². The molecule has 1 aromatic heterocycles. The third-order valence-corrected chi connectivity index (χ3v) is 5.17. The Bertz CT molecular complexity index is 607. The molecule has 104 valence electrons. The zero-order valence-electron chi connectivity index (χ0n) is 9.75. The standard InChI is InChI=1S/C10H12N2O5S2/c13-9-2-1-6(12-9)4-11-19(16,17)7-3-8(10(14)15)18-5-7/h3,5-6,11H,1-2,4H2,(H,12,13)(H,14,15). The number of rotatable bonds is 5. The van der Waals surface area contributed by atoms with E-state index in [1.165, 1.54) is 5.38 Å². The Labute approximate surface area is 113 Å². The van der Waals surface area contributed by atoms with Crippen LogP contribution in [-0.2, 0) is 14.8 Å². The predicted octanol–water partition coefficient (Wildman–Crippen LogP) is 0.00320. The van der Waals surface area contributed by atoms with Gasteiger partial charge in [0.05, 0.1) is 4.90 Å². The maximum absolute atomic E-state index is 11.9. The lowest BCUT2D eigenvalue weighted by Crippen LogP contribution is -2.38. The summed E-state index contributed by atoms with van der Waals surface area (Å²) in [6, 6.07) is 0.905. The number of sulfonamides is 1. The Morgan fingerprint density at radius 2 is 2.32 bits per heavy atom. The van der Waals surface area contributed by atoms with Crippen LogP contribution in [0, 0.1) is 0 Å². The maximum atomic E-state index is 11.9. The number of aromatic carboxylic acids is 1. The van der Waals surface area contributed by atoms with Crippen molar-refractivity contribution >= 4 is 33.2 Å². The van der Waals surface area contributed by atoms with Gasteiger partial charge in [0.25, 0.3) is 0 Å². The molecule has 7 nitrogen and oxygen atoms in total. The van der Waals surface area contributed by atoms with Gasteiger partial charge >= 0.3 is 5.97 Å². The summed E-state index contributed by atoms with van der Waals surface area (Å²) in [5, 5.41) is 12.7. The molecule has 1 fully saturated rings. The van der Waals surface area contributed by atoms with Crippen LogP contribution in [0.2, 0.25) is 0 Å². The van der Waals surface area contributed by atoms with Gasteiger partial charge in [-0.25, -0.2) is 17.9 Å². The predicted molar refractivity (Wildman–Crippen MR) is 67.6 cm³/mol. The first-order valence-corrected chi connectivity index (χ1v) is 7.85. The Morgan fingerprint density at radius 1 is 1.58 bits per heavy atom. The lowest BCUT2D eigenvalue weighted by molar-refractivity contribution is -0.119. The highest BCUT2D eigenvalue weighted by Gasteiger charge is 2.24. The van der Waals surface area contributed by atoms with Crippen LogP contribution in [0.15, 0.2) is 16.3 Å². The normalized spacial score (nSPS) is 19.4. The first-order chi connectivity index (χ1) is 8.88. The van der Waals surface area contributed by atoms with E-state index >= 15 is 0 Å². The van der Waals surface area contributed by atoms with E-state index in [0.717, 1.165) is 17.4 Å². The van der Waals surface area contributed by atoms with Crippen molar-refractivity contribution in [3.8, 4) is 0 Å². The summed E-state index contributed by atoms with van der Waals surface area (Å²) < 4.78 is 26.2. The fourth-order valence-electron chi connectivity index (χ4n) is 1.70. The number of thiophene rings is 1. The molecule has 3 N–H and O–H groups in total. The van der Waals surface area contributed by atoms with Gasteiger partial charge in [0.2, 0.25) is 15.9 Å². The molecule has 1 amide bonds. The molecule has 2 rings (SSSR count). The average Bonchev–Trinajstić information content (AvgIpc) is 2.95. The second-order valence-electron chi connectivity index (χ2n) is 4.11. The molecule has 1 saturated heterocycles. The molecule has 0 spiro atoms. The molecule has 0 aliphatic carbocycles. The molecular formula is C10H12N2O5S2. The molecule has 19 heavy (non-hydrogen) atoms. The van der Waals surface area contributed by atoms with Gasteiger partial charge in [-0.1, -0.05) is 0 Å². The van der Waals surface area contributed by atoms with Crippen molar-refractivity contribution in [1.82, 2.24) is 10.0 Å². The van der Waals surface area contributed by atoms with E-state index < -0.39 is 16.0 Å². The van der Waals surface area contributed by atoms with Gasteiger partial charge < -0.3 is 10.4 Å². The lowest BCUT2D eigenvalue weighted by atomic mass is 10.2. The first-order valence-electron chi connectivity index (χ1n) is 5.49. The van der Waals surface area contributed by atoms with Crippen molar-refractivity contribution in [2.45, 2.75) is 23.8 Å². The van der Waals surface area contributed by atoms with Crippen molar-refractivity contribution in [1.29, 1.82) is 0 Å². The SMILES string of the molecule is O=C1CCC(CNS(=O)(=O)c2csc(C(=O)O)c2)N1. The van der Waals surface area contributed by atoms with Crippen LogP contribution in [0.3, 0.4) is 0 Å². The number of carboxylic acid groups (broad SMARTS) is 1. The first kappa shape index (κ1) is 14.0. The van der Waals surface area contributed by atoms with Gasteiger partial charge in [0.15, 0.2) is 0 Å². The van der Waals surface area contributed by atoms with E-state index in [2.05, 4.69) is 10.0 Å². The highest BCUT2D eigenvalue weighted by Crippen LogP contribution is 2.19. The molecule has 1 unspecified atom stereocenters. The summed E-state index contributed by atoms with van der Waals surface area (Å²) >= 11 is 0.855.